The molecule has 34 heavy (non-hydrogen) atoms. The highest BCUT2D eigenvalue weighted by molar-refractivity contribution is 9.09. The molecule has 2 bridgehead atoms. The van der Waals surface area contributed by atoms with Crippen LogP contribution in [0.5, 0.6) is 0 Å². The number of aliphatic hydroxyl groups is 1. The molecule has 1 spiro atoms. The summed E-state index contributed by atoms with van der Waals surface area (Å²) >= 11 is 5.32. The van der Waals surface area contributed by atoms with E-state index >= 15 is 0 Å². The van der Waals surface area contributed by atoms with Gasteiger partial charge in [0, 0.05) is 23.2 Å². The van der Waals surface area contributed by atoms with E-state index in [9.17, 15) is 19.5 Å². The van der Waals surface area contributed by atoms with E-state index in [0.29, 0.717) is 25.9 Å². The Labute approximate surface area is 215 Å². The molecule has 0 radical (unpaired) electrons. The first-order valence-electron chi connectivity index (χ1n) is 12.2. The molecule has 0 aromatic rings. The van der Waals surface area contributed by atoms with E-state index in [1.165, 1.54) is 6.08 Å². The number of nitrogens with zero attached hydrogens (tertiary/aromatic N) is 2. The number of halogens is 1. The van der Waals surface area contributed by atoms with E-state index in [-0.39, 0.29) is 35.1 Å². The number of carbonyl (C=O) groups excluding carboxylic acids is 3. The fourth-order valence-electron chi connectivity index (χ4n) is 5.83. The minimum absolute atomic E-state index is 0.0137. The van der Waals surface area contributed by atoms with Crippen molar-refractivity contribution in [3.8, 4) is 0 Å². The zero-order valence-electron chi connectivity index (χ0n) is 20.2. The average molecular weight is 558 g/mol. The number of hydrogen-bond acceptors (Lipinski definition) is 6. The molecule has 3 saturated heterocycles. The zero-order valence-corrected chi connectivity index (χ0v) is 22.6. The van der Waals surface area contributed by atoms with Crippen LogP contribution in [-0.2, 0) is 19.1 Å². The predicted octanol–water partition coefficient (Wildman–Crippen LogP) is 3.16. The molecule has 2 amide bonds. The quantitative estimate of drug-likeness (QED) is 0.162. The van der Waals surface area contributed by atoms with Crippen molar-refractivity contribution < 1.29 is 24.2 Å². The van der Waals surface area contributed by atoms with Crippen LogP contribution < -0.4 is 0 Å². The van der Waals surface area contributed by atoms with Crippen LogP contribution in [0, 0.1) is 11.8 Å². The summed E-state index contributed by atoms with van der Waals surface area (Å²) in [6.07, 6.45) is 7.27. The Morgan fingerprint density at radius 3 is 2.68 bits per heavy atom. The van der Waals surface area contributed by atoms with Gasteiger partial charge in [0.15, 0.2) is 0 Å². The Kier molecular flexibility index (Phi) is 9.31. The molecule has 3 fully saturated rings. The largest absolute Gasteiger partial charge is 0.461 e. The zero-order chi connectivity index (χ0) is 25.0. The minimum Gasteiger partial charge on any atom is -0.461 e. The Morgan fingerprint density at radius 1 is 1.35 bits per heavy atom. The fraction of sp³-hybridized carbons (Fsp3) is 0.720. The first kappa shape index (κ1) is 27.3. The summed E-state index contributed by atoms with van der Waals surface area (Å²) in [5.41, 5.74) is 0. The van der Waals surface area contributed by atoms with Crippen LogP contribution in [0.1, 0.15) is 46.0 Å². The van der Waals surface area contributed by atoms with Gasteiger partial charge in [-0.2, -0.15) is 0 Å². The third kappa shape index (κ3) is 4.60. The van der Waals surface area contributed by atoms with E-state index in [1.807, 2.05) is 6.92 Å². The van der Waals surface area contributed by atoms with Crippen molar-refractivity contribution in [3.05, 3.63) is 25.3 Å². The fourth-order valence-corrected chi connectivity index (χ4v) is 9.41. The summed E-state index contributed by atoms with van der Waals surface area (Å²) in [6, 6.07) is -1.23. The van der Waals surface area contributed by atoms with Gasteiger partial charge in [0.1, 0.15) is 12.6 Å². The SMILES string of the molecule is C=CCOC(=O)[C@H]1[C@H]2C(=O)N([C@@H](CC)CO)C(C(=O)N(CC=C)CCCCC)C23CC(Br)[C@@H]1S3. The lowest BCUT2D eigenvalue weighted by Crippen LogP contribution is -2.57. The number of thioether (sulfide) groups is 1. The van der Waals surface area contributed by atoms with Gasteiger partial charge in [0.05, 0.1) is 29.2 Å². The molecule has 3 unspecified atom stereocenters. The number of ether oxygens (including phenoxy) is 1. The van der Waals surface area contributed by atoms with Gasteiger partial charge in [-0.1, -0.05) is 61.4 Å². The lowest BCUT2D eigenvalue weighted by Gasteiger charge is -2.39. The molecular weight excluding hydrogens is 520 g/mol. The van der Waals surface area contributed by atoms with Crippen molar-refractivity contribution in [2.24, 2.45) is 11.8 Å². The maximum atomic E-state index is 14.1. The number of amides is 2. The van der Waals surface area contributed by atoms with Gasteiger partial charge in [0.2, 0.25) is 11.8 Å². The Hall–Kier alpha value is -1.32. The highest BCUT2D eigenvalue weighted by Crippen LogP contribution is 2.68. The Bertz CT molecular complexity index is 806. The summed E-state index contributed by atoms with van der Waals surface area (Å²) in [5.74, 6) is -2.05. The summed E-state index contributed by atoms with van der Waals surface area (Å²) in [7, 11) is 0. The highest BCUT2D eigenvalue weighted by atomic mass is 79.9. The molecule has 7 atom stereocenters. The van der Waals surface area contributed by atoms with Crippen LogP contribution >= 0.6 is 27.7 Å². The molecule has 0 aliphatic carbocycles. The second-order valence-corrected chi connectivity index (χ2v) is 12.1. The van der Waals surface area contributed by atoms with Gasteiger partial charge in [-0.3, -0.25) is 14.4 Å². The molecule has 1 N–H and O–H groups in total. The standard InChI is InChI=1S/C25H37BrN2O5S/c1-5-9-10-12-27(11-6-2)23(31)21-25-14-17(26)20(34-25)18(24(32)33-13-7-3)19(25)22(30)28(21)16(8-4)15-29/h6-7,16-21,29H,2-3,5,8-15H2,1,4H3/t16-,17?,18-,19-,20-,21?,25?/m0/s1. The van der Waals surface area contributed by atoms with E-state index in [0.717, 1.165) is 19.3 Å². The number of carbonyl (C=O) groups is 3. The number of likely N-dealkylation sites (tertiary alicyclic amines) is 1. The van der Waals surface area contributed by atoms with Crippen molar-refractivity contribution in [1.82, 2.24) is 9.80 Å². The monoisotopic (exact) mass is 556 g/mol. The van der Waals surface area contributed by atoms with Crippen molar-refractivity contribution >= 4 is 45.5 Å². The van der Waals surface area contributed by atoms with Crippen molar-refractivity contribution in [2.75, 3.05) is 26.3 Å². The maximum Gasteiger partial charge on any atom is 0.311 e. The van der Waals surface area contributed by atoms with Gasteiger partial charge in [-0.15, -0.1) is 18.3 Å². The van der Waals surface area contributed by atoms with Crippen molar-refractivity contribution in [3.63, 3.8) is 0 Å². The van der Waals surface area contributed by atoms with Gasteiger partial charge in [0.25, 0.3) is 0 Å². The van der Waals surface area contributed by atoms with Crippen LogP contribution in [0.25, 0.3) is 0 Å². The number of aliphatic hydroxyl groups excluding tert-OH is 1. The van der Waals surface area contributed by atoms with Crippen molar-refractivity contribution in [1.29, 1.82) is 0 Å². The van der Waals surface area contributed by atoms with Crippen LogP contribution in [0.2, 0.25) is 0 Å². The predicted molar refractivity (Wildman–Crippen MR) is 138 cm³/mol. The average Bonchev–Trinajstić information content (AvgIpc) is 3.41. The van der Waals surface area contributed by atoms with Crippen LogP contribution in [-0.4, -0.2) is 85.9 Å². The van der Waals surface area contributed by atoms with E-state index in [1.54, 1.807) is 27.6 Å². The summed E-state index contributed by atoms with van der Waals surface area (Å²) in [5, 5.41) is 9.99. The van der Waals surface area contributed by atoms with Gasteiger partial charge in [-0.25, -0.2) is 0 Å². The molecule has 3 aliphatic heterocycles. The van der Waals surface area contributed by atoms with Gasteiger partial charge >= 0.3 is 5.97 Å². The van der Waals surface area contributed by atoms with E-state index in [2.05, 4.69) is 36.0 Å². The Morgan fingerprint density at radius 2 is 2.09 bits per heavy atom. The van der Waals surface area contributed by atoms with Gasteiger partial charge < -0.3 is 19.6 Å². The van der Waals surface area contributed by atoms with Crippen molar-refractivity contribution in [2.45, 2.75) is 72.9 Å². The van der Waals surface area contributed by atoms with Crippen LogP contribution in [0.4, 0.5) is 0 Å². The second-order valence-electron chi connectivity index (χ2n) is 9.35. The third-order valence-corrected chi connectivity index (χ3v) is 10.6. The normalized spacial score (nSPS) is 32.4. The molecule has 3 rings (SSSR count). The number of unbranched alkanes of at least 4 members (excludes halogenated alkanes) is 2. The number of fused-ring (bicyclic) bond motifs is 1. The Balaban J connectivity index is 2.04. The molecular formula is C25H37BrN2O5S. The summed E-state index contributed by atoms with van der Waals surface area (Å²) < 4.78 is 4.67. The topological polar surface area (TPSA) is 87.1 Å². The minimum atomic E-state index is -0.740. The molecule has 0 saturated carbocycles. The van der Waals surface area contributed by atoms with E-state index < -0.39 is 34.6 Å². The lowest BCUT2D eigenvalue weighted by molar-refractivity contribution is -0.153. The number of alkyl halides is 1. The summed E-state index contributed by atoms with van der Waals surface area (Å²) in [6.45, 7) is 12.3. The van der Waals surface area contributed by atoms with Gasteiger partial charge in [-0.05, 0) is 19.3 Å². The number of rotatable bonds is 13. The smallest absolute Gasteiger partial charge is 0.311 e. The third-order valence-electron chi connectivity index (χ3n) is 7.34. The van der Waals surface area contributed by atoms with Crippen LogP contribution in [0.3, 0.4) is 0 Å². The molecule has 9 heteroatoms. The molecule has 3 heterocycles. The molecule has 190 valence electrons. The second kappa shape index (κ2) is 11.6. The van der Waals surface area contributed by atoms with Crippen LogP contribution in [0.15, 0.2) is 25.3 Å². The molecule has 0 aromatic heterocycles. The van der Waals surface area contributed by atoms with E-state index in [4.69, 9.17) is 4.74 Å². The lowest BCUT2D eigenvalue weighted by atomic mass is 9.71. The number of esters is 1. The molecule has 3 aliphatic rings. The summed E-state index contributed by atoms with van der Waals surface area (Å²) in [4.78, 5) is 44.6. The highest BCUT2D eigenvalue weighted by Gasteiger charge is 2.76. The number of hydrogen-bond donors (Lipinski definition) is 1. The molecule has 7 nitrogen and oxygen atoms in total. The maximum absolute atomic E-state index is 14.1. The first-order valence-corrected chi connectivity index (χ1v) is 14.0. The molecule has 0 aromatic carbocycles. The first-order chi connectivity index (χ1) is 16.3.